The van der Waals surface area contributed by atoms with Crippen molar-refractivity contribution in [3.05, 3.63) is 34.9 Å². The Hall–Kier alpha value is -1.30. The van der Waals surface area contributed by atoms with Crippen LogP contribution in [0.2, 0.25) is 5.02 Å². The summed E-state index contributed by atoms with van der Waals surface area (Å²) in [4.78, 5) is 18.7. The number of rotatable bonds is 4. The van der Waals surface area contributed by atoms with Crippen LogP contribution in [0.25, 0.3) is 0 Å². The van der Waals surface area contributed by atoms with Gasteiger partial charge >= 0.3 is 6.09 Å². The van der Waals surface area contributed by atoms with Crippen LogP contribution >= 0.6 is 11.6 Å². The number of amides is 1. The van der Waals surface area contributed by atoms with Gasteiger partial charge in [-0.25, -0.2) is 4.79 Å². The van der Waals surface area contributed by atoms with Crippen molar-refractivity contribution in [2.75, 3.05) is 45.9 Å². The number of piperazine rings is 1. The molecular formula is C19H28ClN3O2. The van der Waals surface area contributed by atoms with E-state index in [0.29, 0.717) is 12.6 Å². The maximum Gasteiger partial charge on any atom is 0.409 e. The first-order valence-electron chi connectivity index (χ1n) is 9.29. The molecule has 2 aliphatic rings. The van der Waals surface area contributed by atoms with Crippen LogP contribution in [0.5, 0.6) is 0 Å². The van der Waals surface area contributed by atoms with E-state index in [9.17, 15) is 4.79 Å². The summed E-state index contributed by atoms with van der Waals surface area (Å²) in [7, 11) is 0. The monoisotopic (exact) mass is 365 g/mol. The molecule has 0 saturated carbocycles. The minimum absolute atomic E-state index is 0.175. The predicted octanol–water partition coefficient (Wildman–Crippen LogP) is 3.08. The van der Waals surface area contributed by atoms with Crippen LogP contribution in [0.1, 0.15) is 25.3 Å². The molecule has 0 aliphatic carbocycles. The summed E-state index contributed by atoms with van der Waals surface area (Å²) in [6.45, 7) is 8.81. The van der Waals surface area contributed by atoms with E-state index in [1.807, 2.05) is 24.0 Å². The minimum atomic E-state index is -0.175. The van der Waals surface area contributed by atoms with E-state index in [-0.39, 0.29) is 6.09 Å². The molecule has 0 unspecified atom stereocenters. The lowest BCUT2D eigenvalue weighted by atomic mass is 10.0. The highest BCUT2D eigenvalue weighted by Crippen LogP contribution is 2.22. The number of nitrogens with zero attached hydrogens (tertiary/aromatic N) is 3. The van der Waals surface area contributed by atoms with Crippen molar-refractivity contribution in [2.45, 2.75) is 32.4 Å². The summed E-state index contributed by atoms with van der Waals surface area (Å²) in [5, 5.41) is 0.854. The van der Waals surface area contributed by atoms with Crippen LogP contribution in [0.4, 0.5) is 4.79 Å². The van der Waals surface area contributed by atoms with Gasteiger partial charge in [0.15, 0.2) is 0 Å². The van der Waals surface area contributed by atoms with E-state index in [1.54, 1.807) is 0 Å². The van der Waals surface area contributed by atoms with Gasteiger partial charge < -0.3 is 9.64 Å². The van der Waals surface area contributed by atoms with Gasteiger partial charge in [0.1, 0.15) is 0 Å². The molecule has 1 amide bonds. The lowest BCUT2D eigenvalue weighted by Gasteiger charge is -2.43. The molecule has 0 spiro atoms. The predicted molar refractivity (Wildman–Crippen MR) is 99.9 cm³/mol. The highest BCUT2D eigenvalue weighted by Gasteiger charge is 2.29. The van der Waals surface area contributed by atoms with Crippen molar-refractivity contribution in [1.29, 1.82) is 0 Å². The SMILES string of the molecule is CCOC(=O)N1CCN([C@H]2CCCN(Cc3ccccc3Cl)C2)CC1. The fourth-order valence-corrected chi connectivity index (χ4v) is 4.02. The van der Waals surface area contributed by atoms with Crippen LogP contribution in [0.15, 0.2) is 24.3 Å². The third-order valence-corrected chi connectivity index (χ3v) is 5.56. The number of hydrogen-bond acceptors (Lipinski definition) is 4. The molecule has 2 heterocycles. The number of carbonyl (C=O) groups excluding carboxylic acids is 1. The molecule has 1 aromatic rings. The number of likely N-dealkylation sites (tertiary alicyclic amines) is 1. The molecule has 3 rings (SSSR count). The maximum atomic E-state index is 11.8. The fraction of sp³-hybridized carbons (Fsp3) is 0.632. The maximum absolute atomic E-state index is 11.8. The lowest BCUT2D eigenvalue weighted by molar-refractivity contribution is 0.0412. The van der Waals surface area contributed by atoms with Crippen molar-refractivity contribution in [2.24, 2.45) is 0 Å². The summed E-state index contributed by atoms with van der Waals surface area (Å²) in [6.07, 6.45) is 2.28. The normalized spacial score (nSPS) is 22.8. The molecule has 0 radical (unpaired) electrons. The Morgan fingerprint density at radius 3 is 2.68 bits per heavy atom. The zero-order chi connectivity index (χ0) is 17.6. The third-order valence-electron chi connectivity index (χ3n) is 5.19. The van der Waals surface area contributed by atoms with E-state index in [4.69, 9.17) is 16.3 Å². The van der Waals surface area contributed by atoms with Crippen molar-refractivity contribution in [3.8, 4) is 0 Å². The second kappa shape index (κ2) is 8.88. The lowest BCUT2D eigenvalue weighted by Crippen LogP contribution is -2.55. The van der Waals surface area contributed by atoms with Gasteiger partial charge in [-0.2, -0.15) is 0 Å². The third kappa shape index (κ3) is 4.87. The molecule has 1 aromatic carbocycles. The molecule has 2 aliphatic heterocycles. The average Bonchev–Trinajstić information content (AvgIpc) is 2.64. The summed E-state index contributed by atoms with van der Waals surface area (Å²) in [6, 6.07) is 8.68. The van der Waals surface area contributed by atoms with Gasteiger partial charge in [0.25, 0.3) is 0 Å². The average molecular weight is 366 g/mol. The highest BCUT2D eigenvalue weighted by atomic mass is 35.5. The van der Waals surface area contributed by atoms with E-state index < -0.39 is 0 Å². The Morgan fingerprint density at radius 2 is 1.96 bits per heavy atom. The molecule has 2 saturated heterocycles. The zero-order valence-electron chi connectivity index (χ0n) is 15.0. The second-order valence-corrected chi connectivity index (χ2v) is 7.25. The number of benzene rings is 1. The zero-order valence-corrected chi connectivity index (χ0v) is 15.7. The number of halogens is 1. The van der Waals surface area contributed by atoms with Crippen LogP contribution in [-0.2, 0) is 11.3 Å². The van der Waals surface area contributed by atoms with Gasteiger partial charge in [0.2, 0.25) is 0 Å². The molecule has 5 nitrogen and oxygen atoms in total. The summed E-state index contributed by atoms with van der Waals surface area (Å²) in [5.74, 6) is 0. The Kier molecular flexibility index (Phi) is 6.57. The molecule has 6 heteroatoms. The topological polar surface area (TPSA) is 36.0 Å². The number of carbonyl (C=O) groups is 1. The molecule has 0 bridgehead atoms. The van der Waals surface area contributed by atoms with Gasteiger partial charge in [0, 0.05) is 50.3 Å². The van der Waals surface area contributed by atoms with E-state index in [0.717, 1.165) is 50.8 Å². The number of ether oxygens (including phenoxy) is 1. The Labute approximate surface area is 155 Å². The first kappa shape index (κ1) is 18.5. The van der Waals surface area contributed by atoms with Crippen molar-refractivity contribution in [1.82, 2.24) is 14.7 Å². The van der Waals surface area contributed by atoms with E-state index >= 15 is 0 Å². The van der Waals surface area contributed by atoms with Gasteiger partial charge in [0.05, 0.1) is 6.61 Å². The van der Waals surface area contributed by atoms with Crippen molar-refractivity contribution < 1.29 is 9.53 Å². The molecule has 2 fully saturated rings. The van der Waals surface area contributed by atoms with Crippen LogP contribution in [-0.4, -0.2) is 72.7 Å². The molecule has 0 aromatic heterocycles. The second-order valence-electron chi connectivity index (χ2n) is 6.84. The van der Waals surface area contributed by atoms with Gasteiger partial charge in [-0.3, -0.25) is 9.80 Å². The Balaban J connectivity index is 1.51. The van der Waals surface area contributed by atoms with Gasteiger partial charge in [-0.15, -0.1) is 0 Å². The molecule has 1 atom stereocenters. The van der Waals surface area contributed by atoms with Crippen LogP contribution in [0, 0.1) is 0 Å². The molecular weight excluding hydrogens is 338 g/mol. The molecule has 25 heavy (non-hydrogen) atoms. The van der Waals surface area contributed by atoms with Gasteiger partial charge in [-0.1, -0.05) is 29.8 Å². The fourth-order valence-electron chi connectivity index (χ4n) is 3.82. The number of piperidine rings is 1. The van der Waals surface area contributed by atoms with E-state index in [2.05, 4.69) is 21.9 Å². The smallest absolute Gasteiger partial charge is 0.409 e. The minimum Gasteiger partial charge on any atom is -0.450 e. The van der Waals surface area contributed by atoms with Crippen molar-refractivity contribution >= 4 is 17.7 Å². The largest absolute Gasteiger partial charge is 0.450 e. The standard InChI is InChI=1S/C19H28ClN3O2/c1-2-25-19(24)23-12-10-22(11-13-23)17-7-5-9-21(15-17)14-16-6-3-4-8-18(16)20/h3-4,6,8,17H,2,5,7,9-15H2,1H3/t17-/m0/s1. The summed E-state index contributed by atoms with van der Waals surface area (Å²) >= 11 is 6.31. The number of hydrogen-bond donors (Lipinski definition) is 0. The summed E-state index contributed by atoms with van der Waals surface area (Å²) in [5.41, 5.74) is 1.21. The summed E-state index contributed by atoms with van der Waals surface area (Å²) < 4.78 is 5.10. The Morgan fingerprint density at radius 1 is 1.20 bits per heavy atom. The van der Waals surface area contributed by atoms with E-state index in [1.165, 1.54) is 18.4 Å². The Bertz CT molecular complexity index is 576. The first-order chi connectivity index (χ1) is 12.2. The highest BCUT2D eigenvalue weighted by molar-refractivity contribution is 6.31. The quantitative estimate of drug-likeness (QED) is 0.821. The molecule has 138 valence electrons. The van der Waals surface area contributed by atoms with Crippen LogP contribution in [0.3, 0.4) is 0 Å². The molecule has 0 N–H and O–H groups in total. The first-order valence-corrected chi connectivity index (χ1v) is 9.66. The van der Waals surface area contributed by atoms with Crippen LogP contribution < -0.4 is 0 Å². The van der Waals surface area contributed by atoms with Crippen molar-refractivity contribution in [3.63, 3.8) is 0 Å². The van der Waals surface area contributed by atoms with Gasteiger partial charge in [-0.05, 0) is 37.9 Å².